The summed E-state index contributed by atoms with van der Waals surface area (Å²) in [6.45, 7) is 1.58. The molecule has 0 fully saturated rings. The molecule has 0 aliphatic carbocycles. The Labute approximate surface area is 130 Å². The van der Waals surface area contributed by atoms with Crippen LogP contribution >= 0.6 is 15.9 Å². The summed E-state index contributed by atoms with van der Waals surface area (Å²) in [5.41, 5.74) is 0.474. The predicted molar refractivity (Wildman–Crippen MR) is 82.0 cm³/mol. The number of nitrogens with one attached hydrogen (secondary N) is 1. The van der Waals surface area contributed by atoms with Gasteiger partial charge in [-0.25, -0.2) is 12.8 Å². The van der Waals surface area contributed by atoms with Crippen LogP contribution in [-0.4, -0.2) is 13.5 Å². The van der Waals surface area contributed by atoms with Gasteiger partial charge in [0.05, 0.1) is 16.7 Å². The van der Waals surface area contributed by atoms with Crippen molar-refractivity contribution in [2.24, 2.45) is 0 Å². The molecule has 0 aromatic heterocycles. The molecule has 0 saturated heterocycles. The molecule has 7 heteroatoms. The van der Waals surface area contributed by atoms with E-state index in [4.69, 9.17) is 0 Å². The van der Waals surface area contributed by atoms with Crippen molar-refractivity contribution >= 4 is 31.6 Å². The average molecular weight is 374 g/mol. The van der Waals surface area contributed by atoms with Crippen molar-refractivity contribution in [3.63, 3.8) is 0 Å². The molecule has 21 heavy (non-hydrogen) atoms. The first-order valence-electron chi connectivity index (χ1n) is 6.05. The lowest BCUT2D eigenvalue weighted by Gasteiger charge is -2.10. The highest BCUT2D eigenvalue weighted by atomic mass is 79.9. The monoisotopic (exact) mass is 373 g/mol. The van der Waals surface area contributed by atoms with E-state index in [1.807, 2.05) is 0 Å². The van der Waals surface area contributed by atoms with Crippen molar-refractivity contribution in [1.29, 1.82) is 0 Å². The quantitative estimate of drug-likeness (QED) is 0.862. The van der Waals surface area contributed by atoms with Gasteiger partial charge in [0.15, 0.2) is 0 Å². The number of aliphatic hydroxyl groups excluding tert-OH is 1. The summed E-state index contributed by atoms with van der Waals surface area (Å²) in [5, 5.41) is 9.40. The summed E-state index contributed by atoms with van der Waals surface area (Å²) >= 11 is 3.10. The second kappa shape index (κ2) is 6.13. The van der Waals surface area contributed by atoms with Gasteiger partial charge in [-0.2, -0.15) is 0 Å². The van der Waals surface area contributed by atoms with Crippen LogP contribution < -0.4 is 4.72 Å². The van der Waals surface area contributed by atoms with E-state index in [1.54, 1.807) is 6.92 Å². The third-order valence-electron chi connectivity index (χ3n) is 2.85. The summed E-state index contributed by atoms with van der Waals surface area (Å²) in [4.78, 5) is -0.00535. The second-order valence-corrected chi connectivity index (χ2v) is 7.07. The second-order valence-electron chi connectivity index (χ2n) is 4.47. The molecule has 2 N–H and O–H groups in total. The Morgan fingerprint density at radius 1 is 1.19 bits per heavy atom. The fourth-order valence-electron chi connectivity index (χ4n) is 1.70. The van der Waals surface area contributed by atoms with Crippen molar-refractivity contribution < 1.29 is 17.9 Å². The lowest BCUT2D eigenvalue weighted by Crippen LogP contribution is -2.14. The Morgan fingerprint density at radius 3 is 2.33 bits per heavy atom. The Balaban J connectivity index is 2.29. The summed E-state index contributed by atoms with van der Waals surface area (Å²) in [6.07, 6.45) is -0.682. The standard InChI is InChI=1S/C14H13BrFNO3S/c1-9(18)10-2-5-12(6-3-10)21(19,20)17-14-7-4-11(15)8-13(14)16/h2-9,17-18H,1H3. The maximum Gasteiger partial charge on any atom is 0.261 e. The number of halogens is 2. The molecule has 0 aliphatic heterocycles. The van der Waals surface area contributed by atoms with E-state index in [0.29, 0.717) is 10.0 Å². The normalized spacial score (nSPS) is 13.0. The van der Waals surface area contributed by atoms with E-state index >= 15 is 0 Å². The zero-order valence-electron chi connectivity index (χ0n) is 11.0. The van der Waals surface area contributed by atoms with Crippen LogP contribution in [0, 0.1) is 5.82 Å². The summed E-state index contributed by atoms with van der Waals surface area (Å²) in [7, 11) is -3.88. The highest BCUT2D eigenvalue weighted by molar-refractivity contribution is 9.10. The molecule has 0 heterocycles. The SMILES string of the molecule is CC(O)c1ccc(S(=O)(=O)Nc2ccc(Br)cc2F)cc1. The zero-order chi connectivity index (χ0) is 15.6. The van der Waals surface area contributed by atoms with Gasteiger partial charge in [0.1, 0.15) is 5.82 Å². The van der Waals surface area contributed by atoms with Gasteiger partial charge in [0.25, 0.3) is 10.0 Å². The van der Waals surface area contributed by atoms with Gasteiger partial charge in [-0.15, -0.1) is 0 Å². The van der Waals surface area contributed by atoms with E-state index < -0.39 is 21.9 Å². The first-order chi connectivity index (χ1) is 9.79. The number of sulfonamides is 1. The van der Waals surface area contributed by atoms with Crippen LogP contribution in [0.5, 0.6) is 0 Å². The third-order valence-corrected chi connectivity index (χ3v) is 4.72. The molecule has 1 unspecified atom stereocenters. The van der Waals surface area contributed by atoms with E-state index in [2.05, 4.69) is 20.7 Å². The Hall–Kier alpha value is -1.44. The minimum atomic E-state index is -3.88. The third kappa shape index (κ3) is 3.81. The van der Waals surface area contributed by atoms with Gasteiger partial charge in [0.2, 0.25) is 0 Å². The van der Waals surface area contributed by atoms with Gasteiger partial charge in [-0.3, -0.25) is 4.72 Å². The van der Waals surface area contributed by atoms with Gasteiger partial charge in [-0.05, 0) is 42.8 Å². The van der Waals surface area contributed by atoms with Crippen molar-refractivity contribution in [1.82, 2.24) is 0 Å². The first kappa shape index (κ1) is 15.9. The van der Waals surface area contributed by atoms with E-state index in [-0.39, 0.29) is 10.6 Å². The van der Waals surface area contributed by atoms with Gasteiger partial charge >= 0.3 is 0 Å². The van der Waals surface area contributed by atoms with E-state index in [0.717, 1.165) is 0 Å². The van der Waals surface area contributed by atoms with Crippen LogP contribution in [0.25, 0.3) is 0 Å². The number of rotatable bonds is 4. The Kier molecular flexibility index (Phi) is 4.65. The summed E-state index contributed by atoms with van der Waals surface area (Å²) in [5.74, 6) is -0.673. The van der Waals surface area contributed by atoms with E-state index in [1.165, 1.54) is 42.5 Å². The molecule has 2 aromatic rings. The molecular weight excluding hydrogens is 361 g/mol. The molecule has 0 spiro atoms. The molecule has 2 aromatic carbocycles. The van der Waals surface area contributed by atoms with Crippen LogP contribution in [0.2, 0.25) is 0 Å². The predicted octanol–water partition coefficient (Wildman–Crippen LogP) is 3.44. The smallest absolute Gasteiger partial charge is 0.261 e. The molecule has 0 aliphatic rings. The average Bonchev–Trinajstić information content (AvgIpc) is 2.42. The molecule has 0 saturated carbocycles. The molecule has 4 nitrogen and oxygen atoms in total. The maximum atomic E-state index is 13.7. The van der Waals surface area contributed by atoms with Crippen LogP contribution in [0.15, 0.2) is 51.8 Å². The fourth-order valence-corrected chi connectivity index (χ4v) is 3.10. The zero-order valence-corrected chi connectivity index (χ0v) is 13.4. The molecule has 112 valence electrons. The summed E-state index contributed by atoms with van der Waals surface area (Å²) in [6, 6.07) is 9.80. The maximum absolute atomic E-state index is 13.7. The minimum Gasteiger partial charge on any atom is -0.389 e. The fraction of sp³-hybridized carbons (Fsp3) is 0.143. The Bertz CT molecular complexity index is 745. The topological polar surface area (TPSA) is 66.4 Å². The highest BCUT2D eigenvalue weighted by Crippen LogP contribution is 2.23. The van der Waals surface area contributed by atoms with Crippen molar-refractivity contribution in [2.45, 2.75) is 17.9 Å². The van der Waals surface area contributed by atoms with E-state index in [9.17, 15) is 17.9 Å². The van der Waals surface area contributed by atoms with Gasteiger partial charge in [-0.1, -0.05) is 28.1 Å². The van der Waals surface area contributed by atoms with Crippen LogP contribution in [0.1, 0.15) is 18.6 Å². The molecule has 0 bridgehead atoms. The molecular formula is C14H13BrFNO3S. The highest BCUT2D eigenvalue weighted by Gasteiger charge is 2.16. The number of aliphatic hydroxyl groups is 1. The molecule has 1 atom stereocenters. The number of anilines is 1. The first-order valence-corrected chi connectivity index (χ1v) is 8.33. The molecule has 0 amide bonds. The minimum absolute atomic E-state index is 0.00535. The van der Waals surface area contributed by atoms with Gasteiger partial charge < -0.3 is 5.11 Å². The number of hydrogen-bond acceptors (Lipinski definition) is 3. The van der Waals surface area contributed by atoms with Gasteiger partial charge in [0, 0.05) is 4.47 Å². The van der Waals surface area contributed by atoms with Crippen molar-refractivity contribution in [3.8, 4) is 0 Å². The van der Waals surface area contributed by atoms with Crippen molar-refractivity contribution in [3.05, 3.63) is 58.3 Å². The molecule has 0 radical (unpaired) electrons. The lowest BCUT2D eigenvalue weighted by atomic mass is 10.1. The number of benzene rings is 2. The van der Waals surface area contributed by atoms with Crippen LogP contribution in [0.3, 0.4) is 0 Å². The van der Waals surface area contributed by atoms with Crippen LogP contribution in [0.4, 0.5) is 10.1 Å². The van der Waals surface area contributed by atoms with Crippen molar-refractivity contribution in [2.75, 3.05) is 4.72 Å². The summed E-state index contributed by atoms with van der Waals surface area (Å²) < 4.78 is 40.7. The lowest BCUT2D eigenvalue weighted by molar-refractivity contribution is 0.199. The largest absolute Gasteiger partial charge is 0.389 e. The number of hydrogen-bond donors (Lipinski definition) is 2. The molecule has 2 rings (SSSR count). The van der Waals surface area contributed by atoms with Crippen LogP contribution in [-0.2, 0) is 10.0 Å². The Morgan fingerprint density at radius 2 is 1.81 bits per heavy atom.